The van der Waals surface area contributed by atoms with Crippen LogP contribution in [0.2, 0.25) is 0 Å². The molecule has 3 rings (SSSR count). The molecular formula is C15H20FNO5. The third-order valence-corrected chi connectivity index (χ3v) is 5.13. The fraction of sp³-hybridized carbons (Fsp3) is 0.733. The Morgan fingerprint density at radius 1 is 1.23 bits per heavy atom. The Kier molecular flexibility index (Phi) is 3.25. The number of alkyl halides is 1. The number of rotatable bonds is 3. The number of Topliss-reactive ketones (excluding diaryl/α,β-unsaturated/α-hetero) is 1. The normalized spacial score (nSPS) is 46.2. The second kappa shape index (κ2) is 4.59. The van der Waals surface area contributed by atoms with Crippen molar-refractivity contribution in [3.63, 3.8) is 0 Å². The largest absolute Gasteiger partial charge is 0.387 e. The predicted octanol–water partition coefficient (Wildman–Crippen LogP) is 0.276. The van der Waals surface area contributed by atoms with Crippen molar-refractivity contribution in [2.45, 2.75) is 63.3 Å². The van der Waals surface area contributed by atoms with E-state index in [0.717, 1.165) is 4.90 Å². The average molecular weight is 313 g/mol. The summed E-state index contributed by atoms with van der Waals surface area (Å²) in [6, 6.07) is 0. The number of ketones is 1. The van der Waals surface area contributed by atoms with Gasteiger partial charge in [0, 0.05) is 18.7 Å². The number of ether oxygens (including phenoxy) is 1. The lowest BCUT2D eigenvalue weighted by atomic mass is 9.90. The zero-order valence-corrected chi connectivity index (χ0v) is 12.7. The first kappa shape index (κ1) is 15.6. The van der Waals surface area contributed by atoms with Gasteiger partial charge in [-0.05, 0) is 32.6 Å². The van der Waals surface area contributed by atoms with Gasteiger partial charge in [0.25, 0.3) is 0 Å². The number of nitrogens with zero attached hydrogens (tertiary/aromatic N) is 1. The fourth-order valence-electron chi connectivity index (χ4n) is 3.64. The van der Waals surface area contributed by atoms with Crippen LogP contribution in [0.4, 0.5) is 4.39 Å². The van der Waals surface area contributed by atoms with Gasteiger partial charge in [0.1, 0.15) is 11.7 Å². The molecule has 1 saturated heterocycles. The fourth-order valence-corrected chi connectivity index (χ4v) is 3.64. The zero-order valence-electron chi connectivity index (χ0n) is 12.7. The van der Waals surface area contributed by atoms with Gasteiger partial charge in [-0.25, -0.2) is 4.39 Å². The van der Waals surface area contributed by atoms with Gasteiger partial charge in [0.2, 0.25) is 5.91 Å². The van der Waals surface area contributed by atoms with Crippen LogP contribution in [0.3, 0.4) is 0 Å². The summed E-state index contributed by atoms with van der Waals surface area (Å²) >= 11 is 0. The molecule has 1 aliphatic heterocycles. The van der Waals surface area contributed by atoms with Gasteiger partial charge in [-0.2, -0.15) is 0 Å². The van der Waals surface area contributed by atoms with Crippen molar-refractivity contribution >= 4 is 11.7 Å². The highest BCUT2D eigenvalue weighted by Gasteiger charge is 2.78. The lowest BCUT2D eigenvalue weighted by Crippen LogP contribution is -2.49. The van der Waals surface area contributed by atoms with E-state index in [4.69, 9.17) is 4.74 Å². The van der Waals surface area contributed by atoms with Crippen LogP contribution < -0.4 is 0 Å². The molecule has 0 unspecified atom stereocenters. The van der Waals surface area contributed by atoms with E-state index in [-0.39, 0.29) is 23.7 Å². The van der Waals surface area contributed by atoms with Gasteiger partial charge >= 0.3 is 0 Å². The van der Waals surface area contributed by atoms with Gasteiger partial charge < -0.3 is 14.9 Å². The molecule has 3 fully saturated rings. The molecule has 0 spiro atoms. The van der Waals surface area contributed by atoms with Crippen molar-refractivity contribution in [3.05, 3.63) is 11.8 Å². The summed E-state index contributed by atoms with van der Waals surface area (Å²) < 4.78 is 20.3. The quantitative estimate of drug-likeness (QED) is 0.731. The number of aliphatic hydroxyl groups is 2. The minimum atomic E-state index is -1.84. The van der Waals surface area contributed by atoms with E-state index in [2.05, 4.69) is 0 Å². The molecule has 2 aliphatic carbocycles. The van der Waals surface area contributed by atoms with E-state index in [0.29, 0.717) is 6.42 Å². The highest BCUT2D eigenvalue weighted by molar-refractivity contribution is 5.93. The van der Waals surface area contributed by atoms with Crippen molar-refractivity contribution in [1.29, 1.82) is 0 Å². The third kappa shape index (κ3) is 1.96. The summed E-state index contributed by atoms with van der Waals surface area (Å²) in [5.74, 6) is -0.905. The first-order valence-electron chi connectivity index (χ1n) is 7.34. The third-order valence-electron chi connectivity index (χ3n) is 5.13. The SMILES string of the molecule is CC(=O)/C(C)=C\N(C(C)=O)[C@@H]1O[C@@H]2[C@@]3(O)C[C@H]3C[C@]2(O)[C@@H]1F. The molecule has 1 heterocycles. The molecule has 6 atom stereocenters. The smallest absolute Gasteiger partial charge is 0.225 e. The van der Waals surface area contributed by atoms with Crippen molar-refractivity contribution in [3.8, 4) is 0 Å². The van der Waals surface area contributed by atoms with Crippen molar-refractivity contribution in [1.82, 2.24) is 4.90 Å². The van der Waals surface area contributed by atoms with Gasteiger partial charge in [-0.15, -0.1) is 0 Å². The Morgan fingerprint density at radius 2 is 1.82 bits per heavy atom. The summed E-state index contributed by atoms with van der Waals surface area (Å²) in [6.07, 6.45) is -2.39. The number of hydrogen-bond acceptors (Lipinski definition) is 5. The molecule has 6 nitrogen and oxygen atoms in total. The van der Waals surface area contributed by atoms with Crippen LogP contribution in [-0.2, 0) is 14.3 Å². The van der Waals surface area contributed by atoms with E-state index >= 15 is 0 Å². The molecule has 3 aliphatic rings. The van der Waals surface area contributed by atoms with Crippen LogP contribution >= 0.6 is 0 Å². The minimum Gasteiger partial charge on any atom is -0.387 e. The average Bonchev–Trinajstić information content (AvgIpc) is 2.89. The van der Waals surface area contributed by atoms with E-state index in [9.17, 15) is 24.2 Å². The number of fused-ring (bicyclic) bond motifs is 3. The van der Waals surface area contributed by atoms with Crippen LogP contribution in [0.1, 0.15) is 33.6 Å². The number of halogens is 1. The molecule has 0 bridgehead atoms. The number of carbonyl (C=O) groups excluding carboxylic acids is 2. The molecular weight excluding hydrogens is 293 g/mol. The van der Waals surface area contributed by atoms with E-state index in [1.54, 1.807) is 0 Å². The van der Waals surface area contributed by atoms with Crippen molar-refractivity contribution in [2.24, 2.45) is 5.92 Å². The van der Waals surface area contributed by atoms with E-state index < -0.39 is 35.6 Å². The lowest BCUT2D eigenvalue weighted by molar-refractivity contribution is -0.146. The van der Waals surface area contributed by atoms with E-state index in [1.807, 2.05) is 0 Å². The summed E-state index contributed by atoms with van der Waals surface area (Å²) in [7, 11) is 0. The van der Waals surface area contributed by atoms with Crippen LogP contribution in [-0.4, -0.2) is 56.5 Å². The molecule has 22 heavy (non-hydrogen) atoms. The number of carbonyl (C=O) groups is 2. The summed E-state index contributed by atoms with van der Waals surface area (Å²) in [6.45, 7) is 4.08. The molecule has 1 amide bonds. The summed E-state index contributed by atoms with van der Waals surface area (Å²) in [4.78, 5) is 24.1. The first-order valence-corrected chi connectivity index (χ1v) is 7.34. The summed E-state index contributed by atoms with van der Waals surface area (Å²) in [5, 5.41) is 20.8. The Labute approximate surface area is 127 Å². The lowest BCUT2D eigenvalue weighted by Gasteiger charge is -2.28. The van der Waals surface area contributed by atoms with Crippen LogP contribution in [0.5, 0.6) is 0 Å². The number of allylic oxidation sites excluding steroid dienone is 1. The van der Waals surface area contributed by atoms with E-state index in [1.165, 1.54) is 27.0 Å². The molecule has 2 N–H and O–H groups in total. The van der Waals surface area contributed by atoms with Gasteiger partial charge in [0.05, 0.1) is 5.60 Å². The molecule has 122 valence electrons. The second-order valence-corrected chi connectivity index (χ2v) is 6.69. The maximum absolute atomic E-state index is 14.8. The molecule has 0 aromatic heterocycles. The topological polar surface area (TPSA) is 87.1 Å². The minimum absolute atomic E-state index is 0.118. The predicted molar refractivity (Wildman–Crippen MR) is 73.1 cm³/mol. The monoisotopic (exact) mass is 313 g/mol. The Bertz CT molecular complexity index is 578. The molecule has 0 aromatic carbocycles. The Balaban J connectivity index is 1.90. The number of amides is 1. The maximum Gasteiger partial charge on any atom is 0.225 e. The summed E-state index contributed by atoms with van der Waals surface area (Å²) in [5.41, 5.74) is -2.71. The van der Waals surface area contributed by atoms with Crippen molar-refractivity contribution < 1.29 is 28.9 Å². The number of hydrogen-bond donors (Lipinski definition) is 2. The first-order chi connectivity index (χ1) is 10.1. The van der Waals surface area contributed by atoms with Gasteiger partial charge in [-0.1, -0.05) is 0 Å². The molecule has 0 aromatic rings. The standard InChI is InChI=1S/C15H20FNO5/c1-7(8(2)18)6-17(9(3)19)12-11(16)15(21)5-10-4-14(10,20)13(15)22-12/h6,10-13,20-21H,4-5H2,1-3H3/b7-6-/t10-,11+,12+,13+,14+,15-/m0/s1. The second-order valence-electron chi connectivity index (χ2n) is 6.69. The molecule has 7 heteroatoms. The van der Waals surface area contributed by atoms with Gasteiger partial charge in [-0.3, -0.25) is 14.5 Å². The van der Waals surface area contributed by atoms with Crippen LogP contribution in [0, 0.1) is 5.92 Å². The van der Waals surface area contributed by atoms with Crippen molar-refractivity contribution in [2.75, 3.05) is 0 Å². The molecule has 0 radical (unpaired) electrons. The zero-order chi connectivity index (χ0) is 16.4. The van der Waals surface area contributed by atoms with Gasteiger partial charge in [0.15, 0.2) is 18.2 Å². The Morgan fingerprint density at radius 3 is 2.32 bits per heavy atom. The molecule has 2 saturated carbocycles. The Hall–Kier alpha value is -1.31. The highest BCUT2D eigenvalue weighted by atomic mass is 19.1. The van der Waals surface area contributed by atoms with Crippen LogP contribution in [0.15, 0.2) is 11.8 Å². The highest BCUT2D eigenvalue weighted by Crippen LogP contribution is 2.64. The maximum atomic E-state index is 14.8. The van der Waals surface area contributed by atoms with Crippen LogP contribution in [0.25, 0.3) is 0 Å².